The molecule has 0 aliphatic carbocycles. The van der Waals surface area contributed by atoms with Gasteiger partial charge in [-0.3, -0.25) is 0 Å². The highest BCUT2D eigenvalue weighted by molar-refractivity contribution is 5.54. The summed E-state index contributed by atoms with van der Waals surface area (Å²) in [6.07, 6.45) is 2.41. The van der Waals surface area contributed by atoms with Crippen molar-refractivity contribution in [3.63, 3.8) is 0 Å². The van der Waals surface area contributed by atoms with Crippen LogP contribution in [0.3, 0.4) is 0 Å². The number of nitrogens with zero attached hydrogens (tertiary/aromatic N) is 2. The second kappa shape index (κ2) is 7.76. The summed E-state index contributed by atoms with van der Waals surface area (Å²) < 4.78 is 14.3. The van der Waals surface area contributed by atoms with Crippen LogP contribution in [0, 0.1) is 11.7 Å². The minimum absolute atomic E-state index is 0.110. The third-order valence-electron chi connectivity index (χ3n) is 4.39. The molecule has 1 aromatic rings. The van der Waals surface area contributed by atoms with Crippen LogP contribution in [0.4, 0.5) is 10.1 Å². The fraction of sp³-hybridized carbons (Fsp3) is 0.647. The second-order valence-electron chi connectivity index (χ2n) is 6.16. The molecule has 1 aromatic carbocycles. The monoisotopic (exact) mass is 293 g/mol. The first-order valence-electron chi connectivity index (χ1n) is 7.99. The van der Waals surface area contributed by atoms with Gasteiger partial charge in [0.25, 0.3) is 0 Å². The number of hydrogen-bond acceptors (Lipinski definition) is 3. The van der Waals surface area contributed by atoms with Crippen LogP contribution in [-0.4, -0.2) is 45.2 Å². The SMILES string of the molecule is CCNCc1cccc(F)c1N(C)CC1CCN(C)CC1. The van der Waals surface area contributed by atoms with Gasteiger partial charge in [-0.1, -0.05) is 19.1 Å². The van der Waals surface area contributed by atoms with Gasteiger partial charge < -0.3 is 15.1 Å². The molecule has 0 radical (unpaired) electrons. The predicted molar refractivity (Wildman–Crippen MR) is 87.3 cm³/mol. The van der Waals surface area contributed by atoms with Gasteiger partial charge in [-0.2, -0.15) is 0 Å². The van der Waals surface area contributed by atoms with Gasteiger partial charge in [0.2, 0.25) is 0 Å². The third-order valence-corrected chi connectivity index (χ3v) is 4.39. The van der Waals surface area contributed by atoms with Gasteiger partial charge in [-0.15, -0.1) is 0 Å². The lowest BCUT2D eigenvalue weighted by atomic mass is 9.96. The molecule has 1 aliphatic rings. The van der Waals surface area contributed by atoms with E-state index in [4.69, 9.17) is 0 Å². The van der Waals surface area contributed by atoms with Gasteiger partial charge in [0.05, 0.1) is 5.69 Å². The maximum Gasteiger partial charge on any atom is 0.146 e. The quantitative estimate of drug-likeness (QED) is 0.870. The first-order chi connectivity index (χ1) is 10.1. The van der Waals surface area contributed by atoms with Crippen LogP contribution >= 0.6 is 0 Å². The fourth-order valence-electron chi connectivity index (χ4n) is 3.11. The van der Waals surface area contributed by atoms with E-state index in [9.17, 15) is 4.39 Å². The Balaban J connectivity index is 2.05. The molecule has 21 heavy (non-hydrogen) atoms. The van der Waals surface area contributed by atoms with E-state index in [2.05, 4.69) is 29.1 Å². The first-order valence-corrected chi connectivity index (χ1v) is 7.99. The van der Waals surface area contributed by atoms with E-state index in [1.54, 1.807) is 12.1 Å². The van der Waals surface area contributed by atoms with E-state index < -0.39 is 0 Å². The average Bonchev–Trinajstić information content (AvgIpc) is 2.47. The molecule has 0 aromatic heterocycles. The van der Waals surface area contributed by atoms with Crippen molar-refractivity contribution in [1.82, 2.24) is 10.2 Å². The summed E-state index contributed by atoms with van der Waals surface area (Å²) in [6.45, 7) is 6.94. The lowest BCUT2D eigenvalue weighted by Crippen LogP contribution is -2.36. The maximum absolute atomic E-state index is 14.3. The lowest BCUT2D eigenvalue weighted by Gasteiger charge is -2.33. The summed E-state index contributed by atoms with van der Waals surface area (Å²) >= 11 is 0. The number of piperidine rings is 1. The Morgan fingerprint density at radius 1 is 1.33 bits per heavy atom. The largest absolute Gasteiger partial charge is 0.372 e. The van der Waals surface area contributed by atoms with Crippen LogP contribution in [0.1, 0.15) is 25.3 Å². The van der Waals surface area contributed by atoms with E-state index in [0.717, 1.165) is 44.0 Å². The van der Waals surface area contributed by atoms with Crippen molar-refractivity contribution in [2.45, 2.75) is 26.3 Å². The standard InChI is InChI=1S/C17H28FN3/c1-4-19-12-15-6-5-7-16(18)17(15)21(3)13-14-8-10-20(2)11-9-14/h5-7,14,19H,4,8-13H2,1-3H3. The second-order valence-corrected chi connectivity index (χ2v) is 6.16. The van der Waals surface area contributed by atoms with Gasteiger partial charge in [0, 0.05) is 20.1 Å². The van der Waals surface area contributed by atoms with Gasteiger partial charge in [0.1, 0.15) is 5.82 Å². The summed E-state index contributed by atoms with van der Waals surface area (Å²) in [5.74, 6) is 0.554. The van der Waals surface area contributed by atoms with Crippen LogP contribution in [0.2, 0.25) is 0 Å². The van der Waals surface area contributed by atoms with Gasteiger partial charge in [0.15, 0.2) is 0 Å². The molecule has 118 valence electrons. The maximum atomic E-state index is 14.3. The number of hydrogen-bond donors (Lipinski definition) is 1. The zero-order valence-corrected chi connectivity index (χ0v) is 13.5. The van der Waals surface area contributed by atoms with Crippen molar-refractivity contribution in [2.24, 2.45) is 5.92 Å². The lowest BCUT2D eigenvalue weighted by molar-refractivity contribution is 0.222. The zero-order chi connectivity index (χ0) is 15.2. The molecule has 4 heteroatoms. The molecule has 0 unspecified atom stereocenters. The molecule has 1 fully saturated rings. The van der Waals surface area contributed by atoms with Crippen molar-refractivity contribution >= 4 is 5.69 Å². The highest BCUT2D eigenvalue weighted by Crippen LogP contribution is 2.26. The molecule has 0 atom stereocenters. The summed E-state index contributed by atoms with van der Waals surface area (Å²) in [6, 6.07) is 5.39. The van der Waals surface area contributed by atoms with Crippen molar-refractivity contribution in [3.8, 4) is 0 Å². The molecular weight excluding hydrogens is 265 g/mol. The number of para-hydroxylation sites is 1. The third kappa shape index (κ3) is 4.42. The molecule has 3 nitrogen and oxygen atoms in total. The molecule has 1 heterocycles. The summed E-state index contributed by atoms with van der Waals surface area (Å²) in [5.41, 5.74) is 1.81. The molecule has 0 spiro atoms. The van der Waals surface area contributed by atoms with Crippen LogP contribution in [0.5, 0.6) is 0 Å². The number of likely N-dealkylation sites (tertiary alicyclic amines) is 1. The number of rotatable bonds is 6. The summed E-state index contributed by atoms with van der Waals surface area (Å²) in [5, 5.41) is 3.30. The van der Waals surface area contributed by atoms with Gasteiger partial charge in [-0.05, 0) is 57.1 Å². The van der Waals surface area contributed by atoms with Gasteiger partial charge in [-0.25, -0.2) is 4.39 Å². The fourth-order valence-corrected chi connectivity index (χ4v) is 3.11. The molecule has 1 aliphatic heterocycles. The number of benzene rings is 1. The average molecular weight is 293 g/mol. The summed E-state index contributed by atoms with van der Waals surface area (Å²) in [4.78, 5) is 4.48. The first kappa shape index (κ1) is 16.2. The Kier molecular flexibility index (Phi) is 6.00. The van der Waals surface area contributed by atoms with Crippen molar-refractivity contribution in [3.05, 3.63) is 29.6 Å². The van der Waals surface area contributed by atoms with E-state index in [-0.39, 0.29) is 5.82 Å². The highest BCUT2D eigenvalue weighted by atomic mass is 19.1. The van der Waals surface area contributed by atoms with E-state index in [1.807, 2.05) is 13.1 Å². The molecule has 0 amide bonds. The number of halogens is 1. The minimum atomic E-state index is -0.110. The Morgan fingerprint density at radius 2 is 2.05 bits per heavy atom. The Labute approximate surface area is 128 Å². The Hall–Kier alpha value is -1.13. The van der Waals surface area contributed by atoms with Crippen LogP contribution in [-0.2, 0) is 6.54 Å². The zero-order valence-electron chi connectivity index (χ0n) is 13.5. The predicted octanol–water partition coefficient (Wildman–Crippen LogP) is 2.71. The molecule has 0 bridgehead atoms. The number of nitrogens with one attached hydrogen (secondary N) is 1. The Bertz CT molecular complexity index is 442. The van der Waals surface area contributed by atoms with Crippen molar-refractivity contribution in [2.75, 3.05) is 45.2 Å². The molecule has 1 N–H and O–H groups in total. The minimum Gasteiger partial charge on any atom is -0.372 e. The summed E-state index contributed by atoms with van der Waals surface area (Å²) in [7, 11) is 4.19. The topological polar surface area (TPSA) is 18.5 Å². The molecular formula is C17H28FN3. The smallest absolute Gasteiger partial charge is 0.146 e. The molecule has 2 rings (SSSR count). The highest BCUT2D eigenvalue weighted by Gasteiger charge is 2.20. The van der Waals surface area contributed by atoms with Crippen LogP contribution in [0.25, 0.3) is 0 Å². The van der Waals surface area contributed by atoms with E-state index in [1.165, 1.54) is 12.8 Å². The van der Waals surface area contributed by atoms with Crippen molar-refractivity contribution in [1.29, 1.82) is 0 Å². The Morgan fingerprint density at radius 3 is 2.71 bits per heavy atom. The molecule has 0 saturated carbocycles. The van der Waals surface area contributed by atoms with Crippen molar-refractivity contribution < 1.29 is 4.39 Å². The van der Waals surface area contributed by atoms with E-state index >= 15 is 0 Å². The molecule has 1 saturated heterocycles. The normalized spacial score (nSPS) is 17.1. The number of anilines is 1. The van der Waals surface area contributed by atoms with Gasteiger partial charge >= 0.3 is 0 Å². The van der Waals surface area contributed by atoms with Crippen LogP contribution < -0.4 is 10.2 Å². The van der Waals surface area contributed by atoms with Crippen LogP contribution in [0.15, 0.2) is 18.2 Å². The van der Waals surface area contributed by atoms with E-state index in [0.29, 0.717) is 5.92 Å².